The second kappa shape index (κ2) is 5.57. The molecule has 5 rings (SSSR count). The molecular formula is C26H22. The molecule has 2 aliphatic rings. The first kappa shape index (κ1) is 15.4. The van der Waals surface area contributed by atoms with E-state index in [1.807, 2.05) is 0 Å². The molecule has 0 bridgehead atoms. The number of allylic oxidation sites excluding steroid dienone is 4. The Morgan fingerprint density at radius 1 is 0.731 bits per heavy atom. The molecule has 0 aromatic heterocycles. The highest BCUT2D eigenvalue weighted by Crippen LogP contribution is 2.59. The molecule has 0 fully saturated rings. The molecular weight excluding hydrogens is 312 g/mol. The predicted molar refractivity (Wildman–Crippen MR) is 109 cm³/mol. The van der Waals surface area contributed by atoms with Crippen LogP contribution in [0.15, 0.2) is 96.6 Å². The number of hydrogen-bond acceptors (Lipinski definition) is 0. The number of aryl methyl sites for hydroxylation is 1. The Morgan fingerprint density at radius 3 is 1.96 bits per heavy atom. The van der Waals surface area contributed by atoms with Crippen molar-refractivity contribution in [2.24, 2.45) is 5.92 Å². The third kappa shape index (κ3) is 1.96. The molecule has 0 saturated heterocycles. The molecule has 0 heterocycles. The summed E-state index contributed by atoms with van der Waals surface area (Å²) >= 11 is 0. The molecule has 1 unspecified atom stereocenters. The number of rotatable bonds is 2. The summed E-state index contributed by atoms with van der Waals surface area (Å²) in [5.74, 6) is 0.473. The third-order valence-corrected chi connectivity index (χ3v) is 5.84. The minimum atomic E-state index is -0.220. The second-order valence-electron chi connectivity index (χ2n) is 7.55. The Kier molecular flexibility index (Phi) is 3.30. The predicted octanol–water partition coefficient (Wildman–Crippen LogP) is 6.30. The first-order chi connectivity index (χ1) is 12.7. The van der Waals surface area contributed by atoms with Crippen molar-refractivity contribution in [3.05, 3.63) is 124 Å². The molecule has 26 heavy (non-hydrogen) atoms. The average molecular weight is 334 g/mol. The molecule has 0 aliphatic heterocycles. The second-order valence-corrected chi connectivity index (χ2v) is 7.55. The van der Waals surface area contributed by atoms with Gasteiger partial charge in [0.2, 0.25) is 0 Å². The molecule has 2 aliphatic carbocycles. The quantitative estimate of drug-likeness (QED) is 0.516. The van der Waals surface area contributed by atoms with Crippen LogP contribution < -0.4 is 0 Å². The van der Waals surface area contributed by atoms with Crippen molar-refractivity contribution in [2.45, 2.75) is 19.3 Å². The van der Waals surface area contributed by atoms with Gasteiger partial charge in [0.15, 0.2) is 0 Å². The van der Waals surface area contributed by atoms with Gasteiger partial charge in [-0.3, -0.25) is 0 Å². The molecule has 0 saturated carbocycles. The highest BCUT2D eigenvalue weighted by molar-refractivity contribution is 5.96. The van der Waals surface area contributed by atoms with Crippen molar-refractivity contribution < 1.29 is 0 Å². The normalized spacial score (nSPS) is 19.5. The fourth-order valence-electron chi connectivity index (χ4n) is 4.83. The third-order valence-electron chi connectivity index (χ3n) is 5.84. The van der Waals surface area contributed by atoms with Crippen LogP contribution in [-0.2, 0) is 5.41 Å². The topological polar surface area (TPSA) is 0 Å². The molecule has 0 radical (unpaired) electrons. The lowest BCUT2D eigenvalue weighted by molar-refractivity contribution is 0.761. The van der Waals surface area contributed by atoms with Gasteiger partial charge in [0, 0.05) is 0 Å². The van der Waals surface area contributed by atoms with Crippen LogP contribution in [0.2, 0.25) is 0 Å². The zero-order valence-electron chi connectivity index (χ0n) is 15.2. The van der Waals surface area contributed by atoms with E-state index in [2.05, 4.69) is 105 Å². The van der Waals surface area contributed by atoms with Gasteiger partial charge >= 0.3 is 0 Å². The van der Waals surface area contributed by atoms with Gasteiger partial charge in [0.25, 0.3) is 0 Å². The van der Waals surface area contributed by atoms with Crippen molar-refractivity contribution in [3.63, 3.8) is 0 Å². The average Bonchev–Trinajstić information content (AvgIpc) is 3.17. The molecule has 0 nitrogen and oxygen atoms in total. The Bertz CT molecular complexity index is 996. The van der Waals surface area contributed by atoms with Crippen molar-refractivity contribution in [1.29, 1.82) is 0 Å². The zero-order chi connectivity index (χ0) is 17.7. The first-order valence-corrected chi connectivity index (χ1v) is 9.38. The molecule has 0 spiro atoms. The summed E-state index contributed by atoms with van der Waals surface area (Å²) in [4.78, 5) is 0. The van der Waals surface area contributed by atoms with E-state index < -0.39 is 0 Å². The summed E-state index contributed by atoms with van der Waals surface area (Å²) in [6.07, 6.45) is 4.89. The summed E-state index contributed by atoms with van der Waals surface area (Å²) in [7, 11) is 0. The fraction of sp³-hybridized carbons (Fsp3) is 0.154. The Morgan fingerprint density at radius 2 is 1.35 bits per heavy atom. The van der Waals surface area contributed by atoms with E-state index in [0.717, 1.165) is 0 Å². The van der Waals surface area contributed by atoms with Gasteiger partial charge in [0.1, 0.15) is 0 Å². The summed E-state index contributed by atoms with van der Waals surface area (Å²) in [6.45, 7) is 4.47. The maximum atomic E-state index is 2.46. The summed E-state index contributed by atoms with van der Waals surface area (Å²) < 4.78 is 0. The molecule has 0 heteroatoms. The van der Waals surface area contributed by atoms with Crippen LogP contribution in [0.1, 0.15) is 34.7 Å². The molecule has 3 aromatic carbocycles. The van der Waals surface area contributed by atoms with Crippen LogP contribution >= 0.6 is 0 Å². The van der Waals surface area contributed by atoms with Crippen LogP contribution in [-0.4, -0.2) is 0 Å². The maximum absolute atomic E-state index is 2.46. The number of fused-ring (bicyclic) bond motifs is 3. The fourth-order valence-corrected chi connectivity index (χ4v) is 4.83. The molecule has 0 N–H and O–H groups in total. The van der Waals surface area contributed by atoms with E-state index in [4.69, 9.17) is 0 Å². The van der Waals surface area contributed by atoms with E-state index in [-0.39, 0.29) is 5.41 Å². The van der Waals surface area contributed by atoms with E-state index in [9.17, 15) is 0 Å². The summed E-state index contributed by atoms with van der Waals surface area (Å²) in [5.41, 5.74) is 9.47. The van der Waals surface area contributed by atoms with Gasteiger partial charge in [-0.15, -0.1) is 0 Å². The van der Waals surface area contributed by atoms with Crippen LogP contribution in [0.4, 0.5) is 0 Å². The Labute approximate surface area is 155 Å². The summed E-state index contributed by atoms with van der Waals surface area (Å²) in [6, 6.07) is 28.9. The smallest absolute Gasteiger partial charge is 0.0710 e. The lowest BCUT2D eigenvalue weighted by atomic mass is 9.67. The van der Waals surface area contributed by atoms with E-state index in [1.54, 1.807) is 0 Å². The lowest BCUT2D eigenvalue weighted by Crippen LogP contribution is -2.28. The Hall–Kier alpha value is -2.86. The summed E-state index contributed by atoms with van der Waals surface area (Å²) in [5, 5.41) is 0. The van der Waals surface area contributed by atoms with Crippen LogP contribution in [0.25, 0.3) is 5.57 Å². The van der Waals surface area contributed by atoms with Gasteiger partial charge in [-0.2, -0.15) is 0 Å². The van der Waals surface area contributed by atoms with Crippen LogP contribution in [0, 0.1) is 12.8 Å². The molecule has 0 amide bonds. The zero-order valence-corrected chi connectivity index (χ0v) is 15.2. The SMILES string of the molecule is Cc1ccc2c(c1)C1=CC(C)C=C1C2(c1ccccc1)c1ccccc1. The molecule has 1 atom stereocenters. The standard InChI is InChI=1S/C26H22/c1-18-13-14-24-22(15-18)23-16-19(2)17-25(23)26(24,20-9-5-3-6-10-20)21-11-7-4-8-12-21/h3-17,19H,1-2H3. The minimum Gasteiger partial charge on any atom is -0.0724 e. The largest absolute Gasteiger partial charge is 0.0724 e. The monoisotopic (exact) mass is 334 g/mol. The van der Waals surface area contributed by atoms with Crippen LogP contribution in [0.5, 0.6) is 0 Å². The van der Waals surface area contributed by atoms with Crippen molar-refractivity contribution in [2.75, 3.05) is 0 Å². The molecule has 3 aromatic rings. The lowest BCUT2D eigenvalue weighted by Gasteiger charge is -2.34. The number of benzene rings is 3. The van der Waals surface area contributed by atoms with Crippen LogP contribution in [0.3, 0.4) is 0 Å². The van der Waals surface area contributed by atoms with Crippen molar-refractivity contribution in [1.82, 2.24) is 0 Å². The van der Waals surface area contributed by atoms with Gasteiger partial charge in [-0.1, -0.05) is 104 Å². The minimum absolute atomic E-state index is 0.220. The van der Waals surface area contributed by atoms with Gasteiger partial charge in [-0.25, -0.2) is 0 Å². The highest BCUT2D eigenvalue weighted by atomic mass is 14.5. The highest BCUT2D eigenvalue weighted by Gasteiger charge is 2.49. The van der Waals surface area contributed by atoms with Crippen molar-refractivity contribution in [3.8, 4) is 0 Å². The van der Waals surface area contributed by atoms with E-state index in [0.29, 0.717) is 5.92 Å². The maximum Gasteiger partial charge on any atom is 0.0710 e. The van der Waals surface area contributed by atoms with E-state index in [1.165, 1.54) is 39.0 Å². The van der Waals surface area contributed by atoms with Gasteiger partial charge in [-0.05, 0) is 46.2 Å². The van der Waals surface area contributed by atoms with E-state index >= 15 is 0 Å². The van der Waals surface area contributed by atoms with Crippen molar-refractivity contribution >= 4 is 5.57 Å². The van der Waals surface area contributed by atoms with Gasteiger partial charge in [0.05, 0.1) is 5.41 Å². The van der Waals surface area contributed by atoms with Gasteiger partial charge < -0.3 is 0 Å². The molecule has 126 valence electrons. The Balaban J connectivity index is 1.94. The number of hydrogen-bond donors (Lipinski definition) is 0. The first-order valence-electron chi connectivity index (χ1n) is 9.38.